The maximum Gasteiger partial charge on any atom is 0.256 e. The third kappa shape index (κ3) is 3.37. The van der Waals surface area contributed by atoms with Gasteiger partial charge in [0.1, 0.15) is 11.5 Å². The molecule has 1 aromatic carbocycles. The molecule has 0 spiro atoms. The molecular weight excluding hydrogens is 374 g/mol. The number of aromatic nitrogens is 4. The largest absolute Gasteiger partial charge is 0.306 e. The Hall–Kier alpha value is -3.52. The van der Waals surface area contributed by atoms with Gasteiger partial charge in [0.2, 0.25) is 5.95 Å². The average Bonchev–Trinajstić information content (AvgIpc) is 3.36. The van der Waals surface area contributed by atoms with Crippen LogP contribution < -0.4 is 10.9 Å². The topological polar surface area (TPSA) is 92.7 Å². The maximum absolute atomic E-state index is 12.6. The lowest BCUT2D eigenvalue weighted by atomic mass is 10.2. The number of carbonyl (C=O) groups excluding carboxylic acids is 1. The summed E-state index contributed by atoms with van der Waals surface area (Å²) in [5, 5.41) is 9.38. The first-order chi connectivity index (χ1) is 13.5. The summed E-state index contributed by atoms with van der Waals surface area (Å²) in [6, 6.07) is 14.5. The zero-order valence-electron chi connectivity index (χ0n) is 15.3. The molecule has 0 fully saturated rings. The van der Waals surface area contributed by atoms with Crippen LogP contribution in [0.1, 0.15) is 21.6 Å². The molecule has 3 aromatic heterocycles. The Morgan fingerprint density at radius 1 is 1.14 bits per heavy atom. The first-order valence-electron chi connectivity index (χ1n) is 8.61. The summed E-state index contributed by atoms with van der Waals surface area (Å²) in [7, 11) is 0. The van der Waals surface area contributed by atoms with Gasteiger partial charge in [-0.2, -0.15) is 9.78 Å². The summed E-state index contributed by atoms with van der Waals surface area (Å²) in [5.74, 6) is 0.397. The molecule has 4 aromatic rings. The Balaban J connectivity index is 1.80. The highest BCUT2D eigenvalue weighted by Gasteiger charge is 2.17. The minimum Gasteiger partial charge on any atom is -0.306 e. The number of aryl methyl sites for hydroxylation is 1. The highest BCUT2D eigenvalue weighted by Crippen LogP contribution is 2.27. The highest BCUT2D eigenvalue weighted by atomic mass is 32.1. The minimum absolute atomic E-state index is 0.240. The normalized spacial score (nSPS) is 10.8. The highest BCUT2D eigenvalue weighted by molar-refractivity contribution is 7.13. The summed E-state index contributed by atoms with van der Waals surface area (Å²) in [6.07, 6.45) is 0. The fraction of sp³-hybridized carbons (Fsp3) is 0.100. The lowest BCUT2D eigenvalue weighted by molar-refractivity contribution is 0.102. The zero-order chi connectivity index (χ0) is 19.7. The van der Waals surface area contributed by atoms with Gasteiger partial charge in [-0.25, -0.2) is 4.98 Å². The average molecular weight is 391 g/mol. The molecule has 0 aliphatic rings. The van der Waals surface area contributed by atoms with Crippen LogP contribution in [-0.4, -0.2) is 25.7 Å². The van der Waals surface area contributed by atoms with Crippen molar-refractivity contribution >= 4 is 23.1 Å². The quantitative estimate of drug-likeness (QED) is 0.556. The number of nitrogens with one attached hydrogen (secondary N) is 2. The Morgan fingerprint density at radius 2 is 1.93 bits per heavy atom. The van der Waals surface area contributed by atoms with Gasteiger partial charge in [0, 0.05) is 22.9 Å². The molecule has 7 nitrogen and oxygen atoms in total. The Bertz CT molecular complexity index is 1190. The fourth-order valence-corrected chi connectivity index (χ4v) is 3.37. The summed E-state index contributed by atoms with van der Waals surface area (Å²) in [6.45, 7) is 3.48. The van der Waals surface area contributed by atoms with Gasteiger partial charge in [-0.1, -0.05) is 24.3 Å². The van der Waals surface area contributed by atoms with Crippen molar-refractivity contribution < 1.29 is 4.79 Å². The van der Waals surface area contributed by atoms with E-state index in [0.717, 1.165) is 4.88 Å². The van der Waals surface area contributed by atoms with Crippen LogP contribution >= 0.6 is 11.3 Å². The van der Waals surface area contributed by atoms with Gasteiger partial charge in [-0.05, 0) is 37.4 Å². The second-order valence-electron chi connectivity index (χ2n) is 6.22. The molecule has 1 amide bonds. The summed E-state index contributed by atoms with van der Waals surface area (Å²) in [5.41, 5.74) is 2.11. The van der Waals surface area contributed by atoms with Gasteiger partial charge < -0.3 is 5.32 Å². The van der Waals surface area contributed by atoms with E-state index in [1.165, 1.54) is 16.0 Å². The van der Waals surface area contributed by atoms with Gasteiger partial charge in [-0.3, -0.25) is 14.6 Å². The van der Waals surface area contributed by atoms with E-state index in [0.29, 0.717) is 28.3 Å². The Morgan fingerprint density at radius 3 is 2.61 bits per heavy atom. The molecule has 0 radical (unpaired) electrons. The SMILES string of the molecule is Cc1nc(-n2nc(-c3cccs3)cc2NC(=O)c2ccccc2)[nH]c(=O)c1C. The van der Waals surface area contributed by atoms with E-state index in [1.54, 1.807) is 44.2 Å². The lowest BCUT2D eigenvalue weighted by Crippen LogP contribution is -2.20. The van der Waals surface area contributed by atoms with E-state index in [9.17, 15) is 9.59 Å². The number of nitrogens with zero attached hydrogens (tertiary/aromatic N) is 3. The van der Waals surface area contributed by atoms with Crippen molar-refractivity contribution in [2.45, 2.75) is 13.8 Å². The van der Waals surface area contributed by atoms with Gasteiger partial charge in [0.15, 0.2) is 0 Å². The molecule has 0 aliphatic heterocycles. The van der Waals surface area contributed by atoms with Crippen molar-refractivity contribution in [3.05, 3.63) is 81.1 Å². The van der Waals surface area contributed by atoms with Gasteiger partial charge >= 0.3 is 0 Å². The standard InChI is InChI=1S/C20H17N5O2S/c1-12-13(2)21-20(23-18(12)26)25-17(11-15(24-25)16-9-6-10-28-16)22-19(27)14-7-4-3-5-8-14/h3-11H,1-2H3,(H,22,27)(H,21,23,26). The minimum atomic E-state index is -0.273. The zero-order valence-corrected chi connectivity index (χ0v) is 16.1. The van der Waals surface area contributed by atoms with E-state index in [4.69, 9.17) is 0 Å². The molecule has 0 saturated heterocycles. The number of hydrogen-bond donors (Lipinski definition) is 2. The van der Waals surface area contributed by atoms with Crippen molar-refractivity contribution in [1.82, 2.24) is 19.7 Å². The lowest BCUT2D eigenvalue weighted by Gasteiger charge is -2.09. The number of anilines is 1. The van der Waals surface area contributed by atoms with Crippen LogP contribution in [-0.2, 0) is 0 Å². The number of carbonyl (C=O) groups is 1. The molecule has 0 unspecified atom stereocenters. The van der Waals surface area contributed by atoms with E-state index < -0.39 is 0 Å². The van der Waals surface area contributed by atoms with Crippen LogP contribution in [0, 0.1) is 13.8 Å². The van der Waals surface area contributed by atoms with Crippen molar-refractivity contribution in [3.8, 4) is 16.5 Å². The number of amides is 1. The van der Waals surface area contributed by atoms with E-state index in [1.807, 2.05) is 23.6 Å². The van der Waals surface area contributed by atoms with Crippen molar-refractivity contribution in [2.24, 2.45) is 0 Å². The predicted octanol–water partition coefficient (Wildman–Crippen LogP) is 3.55. The van der Waals surface area contributed by atoms with Gasteiger partial charge in [0.05, 0.1) is 4.88 Å². The second-order valence-corrected chi connectivity index (χ2v) is 7.17. The van der Waals surface area contributed by atoms with E-state index in [-0.39, 0.29) is 17.4 Å². The number of thiophene rings is 1. The smallest absolute Gasteiger partial charge is 0.256 e. The van der Waals surface area contributed by atoms with E-state index >= 15 is 0 Å². The number of H-pyrrole nitrogens is 1. The third-order valence-corrected chi connectivity index (χ3v) is 5.24. The Kier molecular flexibility index (Phi) is 4.62. The summed E-state index contributed by atoms with van der Waals surface area (Å²) < 4.78 is 1.45. The molecule has 4 rings (SSSR count). The molecule has 3 heterocycles. The van der Waals surface area contributed by atoms with Crippen molar-refractivity contribution in [2.75, 3.05) is 5.32 Å². The van der Waals surface area contributed by atoms with Crippen LogP contribution in [0.25, 0.3) is 16.5 Å². The molecular formula is C20H17N5O2S. The Labute approximate surface area is 164 Å². The first kappa shape index (κ1) is 17.9. The van der Waals surface area contributed by atoms with Crippen molar-refractivity contribution in [3.63, 3.8) is 0 Å². The van der Waals surface area contributed by atoms with Crippen LogP contribution in [0.2, 0.25) is 0 Å². The summed E-state index contributed by atoms with van der Waals surface area (Å²) >= 11 is 1.54. The molecule has 0 aliphatic carbocycles. The summed E-state index contributed by atoms with van der Waals surface area (Å²) in [4.78, 5) is 33.0. The molecule has 0 atom stereocenters. The van der Waals surface area contributed by atoms with Crippen LogP contribution in [0.15, 0.2) is 58.7 Å². The van der Waals surface area contributed by atoms with Crippen LogP contribution in [0.4, 0.5) is 5.82 Å². The van der Waals surface area contributed by atoms with Crippen molar-refractivity contribution in [1.29, 1.82) is 0 Å². The van der Waals surface area contributed by atoms with Gasteiger partial charge in [0.25, 0.3) is 11.5 Å². The first-order valence-corrected chi connectivity index (χ1v) is 9.49. The third-order valence-electron chi connectivity index (χ3n) is 4.34. The second kappa shape index (κ2) is 7.24. The molecule has 8 heteroatoms. The molecule has 0 saturated carbocycles. The van der Waals surface area contributed by atoms with Gasteiger partial charge in [-0.15, -0.1) is 11.3 Å². The monoisotopic (exact) mass is 391 g/mol. The maximum atomic E-state index is 12.6. The number of benzene rings is 1. The molecule has 140 valence electrons. The van der Waals surface area contributed by atoms with E-state index in [2.05, 4.69) is 20.4 Å². The predicted molar refractivity (Wildman–Crippen MR) is 109 cm³/mol. The molecule has 28 heavy (non-hydrogen) atoms. The number of aromatic amines is 1. The number of hydrogen-bond acceptors (Lipinski definition) is 5. The van der Waals surface area contributed by atoms with Crippen LogP contribution in [0.3, 0.4) is 0 Å². The van der Waals surface area contributed by atoms with Crippen LogP contribution in [0.5, 0.6) is 0 Å². The fourth-order valence-electron chi connectivity index (χ4n) is 2.68. The molecule has 2 N–H and O–H groups in total. The molecule has 0 bridgehead atoms. The number of rotatable bonds is 4.